The fourth-order valence-corrected chi connectivity index (χ4v) is 3.56. The van der Waals surface area contributed by atoms with Gasteiger partial charge in [-0.1, -0.05) is 37.3 Å². The highest BCUT2D eigenvalue weighted by Crippen LogP contribution is 2.34. The molecule has 0 fully saturated rings. The third kappa shape index (κ3) is 5.80. The molecule has 0 atom stereocenters. The quantitative estimate of drug-likeness (QED) is 0.287. The van der Waals surface area contributed by atoms with Crippen LogP contribution in [0.15, 0.2) is 54.6 Å². The molecule has 3 rings (SSSR count). The van der Waals surface area contributed by atoms with Crippen molar-refractivity contribution in [3.63, 3.8) is 0 Å². The highest BCUT2D eigenvalue weighted by Gasteiger charge is 2.15. The maximum atomic E-state index is 13.9. The predicted octanol–water partition coefficient (Wildman–Crippen LogP) is 6.44. The molecule has 0 bridgehead atoms. The zero-order chi connectivity index (χ0) is 23.1. The summed E-state index contributed by atoms with van der Waals surface area (Å²) in [7, 11) is 4.10. The minimum absolute atomic E-state index is 0.263. The molecule has 2 aromatic carbocycles. The van der Waals surface area contributed by atoms with Gasteiger partial charge >= 0.3 is 0 Å². The fraction of sp³-hybridized carbons (Fsp3) is 0.333. The zero-order valence-electron chi connectivity index (χ0n) is 19.7. The van der Waals surface area contributed by atoms with Crippen molar-refractivity contribution in [3.8, 4) is 16.9 Å². The Morgan fingerprint density at radius 2 is 1.94 bits per heavy atom. The van der Waals surface area contributed by atoms with Crippen molar-refractivity contribution < 1.29 is 9.13 Å². The topological polar surface area (TPSA) is 38.2 Å². The van der Waals surface area contributed by atoms with Crippen LogP contribution in [0, 0.1) is 12.7 Å². The lowest BCUT2D eigenvalue weighted by atomic mass is 10.0. The SMILES string of the molecule is C/C=C\C=C(/CC)c1nc(C)c2cc(-c3cccc(F)c3)cc(OCCCN(C)C)c2n1. The third-order valence-electron chi connectivity index (χ3n) is 5.28. The molecule has 0 spiro atoms. The summed E-state index contributed by atoms with van der Waals surface area (Å²) in [5.74, 6) is 1.15. The van der Waals surface area contributed by atoms with Gasteiger partial charge in [-0.25, -0.2) is 14.4 Å². The second-order valence-corrected chi connectivity index (χ2v) is 8.09. The third-order valence-corrected chi connectivity index (χ3v) is 5.28. The number of nitrogens with zero attached hydrogens (tertiary/aromatic N) is 3. The number of allylic oxidation sites excluding steroid dienone is 4. The highest BCUT2D eigenvalue weighted by molar-refractivity contribution is 5.92. The number of hydrogen-bond acceptors (Lipinski definition) is 4. The van der Waals surface area contributed by atoms with Gasteiger partial charge in [0.1, 0.15) is 17.1 Å². The molecule has 0 radical (unpaired) electrons. The van der Waals surface area contributed by atoms with Crippen molar-refractivity contribution >= 4 is 16.5 Å². The number of aromatic nitrogens is 2. The summed E-state index contributed by atoms with van der Waals surface area (Å²) < 4.78 is 20.1. The zero-order valence-corrected chi connectivity index (χ0v) is 19.7. The van der Waals surface area contributed by atoms with Crippen molar-refractivity contribution in [2.24, 2.45) is 0 Å². The van der Waals surface area contributed by atoms with E-state index < -0.39 is 0 Å². The van der Waals surface area contributed by atoms with Gasteiger partial charge in [0.15, 0.2) is 5.82 Å². The number of ether oxygens (including phenoxy) is 1. The van der Waals surface area contributed by atoms with Gasteiger partial charge in [-0.15, -0.1) is 0 Å². The van der Waals surface area contributed by atoms with E-state index in [-0.39, 0.29) is 5.82 Å². The molecule has 4 nitrogen and oxygen atoms in total. The van der Waals surface area contributed by atoms with Gasteiger partial charge < -0.3 is 9.64 Å². The molecule has 0 aliphatic carbocycles. The average Bonchev–Trinajstić information content (AvgIpc) is 2.77. The molecule has 0 saturated carbocycles. The molecule has 168 valence electrons. The summed E-state index contributed by atoms with van der Waals surface area (Å²) in [6.07, 6.45) is 7.79. The number of fused-ring (bicyclic) bond motifs is 1. The van der Waals surface area contributed by atoms with E-state index in [0.29, 0.717) is 18.2 Å². The van der Waals surface area contributed by atoms with Crippen molar-refractivity contribution in [1.29, 1.82) is 0 Å². The maximum absolute atomic E-state index is 13.9. The first-order valence-corrected chi connectivity index (χ1v) is 11.1. The molecule has 0 aliphatic heterocycles. The van der Waals surface area contributed by atoms with E-state index in [4.69, 9.17) is 14.7 Å². The van der Waals surface area contributed by atoms with Crippen LogP contribution in [0.25, 0.3) is 27.6 Å². The highest BCUT2D eigenvalue weighted by atomic mass is 19.1. The first-order chi connectivity index (χ1) is 15.4. The molecule has 0 aliphatic rings. The predicted molar refractivity (Wildman–Crippen MR) is 131 cm³/mol. The molecule has 32 heavy (non-hydrogen) atoms. The van der Waals surface area contributed by atoms with Crippen molar-refractivity contribution in [1.82, 2.24) is 14.9 Å². The Bertz CT molecular complexity index is 1140. The van der Waals surface area contributed by atoms with Gasteiger partial charge in [-0.3, -0.25) is 0 Å². The molecule has 5 heteroatoms. The number of halogens is 1. The van der Waals surface area contributed by atoms with Crippen LogP contribution in [0.4, 0.5) is 4.39 Å². The van der Waals surface area contributed by atoms with Crippen molar-refractivity contribution in [2.75, 3.05) is 27.2 Å². The minimum Gasteiger partial charge on any atom is -0.491 e. The van der Waals surface area contributed by atoms with Crippen LogP contribution < -0.4 is 4.74 Å². The van der Waals surface area contributed by atoms with E-state index in [0.717, 1.165) is 52.7 Å². The molecule has 1 heterocycles. The Hall–Kier alpha value is -3.05. The largest absolute Gasteiger partial charge is 0.491 e. The van der Waals surface area contributed by atoms with Crippen LogP contribution >= 0.6 is 0 Å². The van der Waals surface area contributed by atoms with Gasteiger partial charge in [-0.05, 0) is 81.7 Å². The number of benzene rings is 2. The lowest BCUT2D eigenvalue weighted by Crippen LogP contribution is -2.15. The van der Waals surface area contributed by atoms with Crippen LogP contribution in [0.5, 0.6) is 5.75 Å². The first-order valence-electron chi connectivity index (χ1n) is 11.1. The molecule has 1 aromatic heterocycles. The Labute approximate surface area is 190 Å². The second kappa shape index (κ2) is 11.0. The van der Waals surface area contributed by atoms with Crippen LogP contribution in [0.1, 0.15) is 38.2 Å². The van der Waals surface area contributed by atoms with Crippen molar-refractivity contribution in [2.45, 2.75) is 33.6 Å². The summed E-state index contributed by atoms with van der Waals surface area (Å²) in [5, 5.41) is 0.916. The van der Waals surface area contributed by atoms with E-state index >= 15 is 0 Å². The first kappa shape index (κ1) is 23.6. The molecular formula is C27H32FN3O. The lowest BCUT2D eigenvalue weighted by Gasteiger charge is -2.15. The van der Waals surface area contributed by atoms with Gasteiger partial charge in [0.05, 0.1) is 6.61 Å². The Kier molecular flexibility index (Phi) is 8.12. The van der Waals surface area contributed by atoms with Crippen LogP contribution in [-0.2, 0) is 0 Å². The monoisotopic (exact) mass is 433 g/mol. The Morgan fingerprint density at radius 3 is 2.62 bits per heavy atom. The molecule has 0 N–H and O–H groups in total. The summed E-state index contributed by atoms with van der Waals surface area (Å²) in [5.41, 5.74) is 4.43. The molecule has 0 amide bonds. The molecular weight excluding hydrogens is 401 g/mol. The standard InChI is InChI=1S/C27H32FN3O/c1-6-8-11-20(7-2)27-29-19(3)24-17-22(21-12-9-13-23(28)16-21)18-25(26(24)30-27)32-15-10-14-31(4)5/h6,8-9,11-13,16-18H,7,10,14-15H2,1-5H3/b8-6-,20-11+. The maximum Gasteiger partial charge on any atom is 0.156 e. The lowest BCUT2D eigenvalue weighted by molar-refractivity contribution is 0.284. The van der Waals surface area contributed by atoms with Gasteiger partial charge in [0.2, 0.25) is 0 Å². The molecule has 3 aromatic rings. The Morgan fingerprint density at radius 1 is 1.12 bits per heavy atom. The minimum atomic E-state index is -0.263. The fourth-order valence-electron chi connectivity index (χ4n) is 3.56. The van der Waals surface area contributed by atoms with Gasteiger partial charge in [-0.2, -0.15) is 0 Å². The van der Waals surface area contributed by atoms with E-state index in [1.807, 2.05) is 58.3 Å². The van der Waals surface area contributed by atoms with Crippen LogP contribution in [0.3, 0.4) is 0 Å². The van der Waals surface area contributed by atoms with Crippen LogP contribution in [0.2, 0.25) is 0 Å². The van der Waals surface area contributed by atoms with E-state index in [1.165, 1.54) is 12.1 Å². The molecule has 0 unspecified atom stereocenters. The second-order valence-electron chi connectivity index (χ2n) is 8.09. The number of rotatable bonds is 9. The summed E-state index contributed by atoms with van der Waals surface area (Å²) in [4.78, 5) is 11.8. The van der Waals surface area contributed by atoms with E-state index in [9.17, 15) is 4.39 Å². The van der Waals surface area contributed by atoms with E-state index in [1.54, 1.807) is 6.07 Å². The summed E-state index contributed by atoms with van der Waals surface area (Å²) in [6.45, 7) is 7.59. The van der Waals surface area contributed by atoms with Crippen molar-refractivity contribution in [3.05, 3.63) is 72.0 Å². The average molecular weight is 434 g/mol. The van der Waals surface area contributed by atoms with Gasteiger partial charge in [0.25, 0.3) is 0 Å². The smallest absolute Gasteiger partial charge is 0.156 e. The normalized spacial score (nSPS) is 12.3. The summed E-state index contributed by atoms with van der Waals surface area (Å²) >= 11 is 0. The molecule has 0 saturated heterocycles. The van der Waals surface area contributed by atoms with E-state index in [2.05, 4.69) is 17.9 Å². The Balaban J connectivity index is 2.13. The number of aryl methyl sites for hydroxylation is 1. The number of hydrogen-bond donors (Lipinski definition) is 0. The summed E-state index contributed by atoms with van der Waals surface area (Å²) in [6, 6.07) is 10.6. The van der Waals surface area contributed by atoms with Crippen LogP contribution in [-0.4, -0.2) is 42.1 Å². The van der Waals surface area contributed by atoms with Gasteiger partial charge in [0, 0.05) is 17.6 Å².